The molecule has 20 heteroatoms. The first-order valence-corrected chi connectivity index (χ1v) is 27.6. The summed E-state index contributed by atoms with van der Waals surface area (Å²) in [4.78, 5) is 123. The second kappa shape index (κ2) is 31.3. The van der Waals surface area contributed by atoms with Gasteiger partial charge in [0, 0.05) is 65.2 Å². The summed E-state index contributed by atoms with van der Waals surface area (Å²) in [5.74, 6) is -5.26. The standard InChI is InChI=1S/C58H87N7O13/c1-12-37(6)50(46(76-10)32-48(68)64-29-19-23-45(64)52(77-11)39(8)53(69)60-44(57(73)74)31-40-20-15-13-16-21-40)62-54(70)49(35(2)3)61-55(71)51(36(4)5)63(9)58(75)78-34-41-24-26-42(27-25-41)59-33-43(66)22-17-14-18-28-65-47(67)30-38(7)56(65)72/h13,15-16,20-21,24-27,35-39,44-46,49-52,59H,12,14,17-19,22-23,28-34H2,1-11H3,(H,60,69)(H,61,71)(H,62,70)(H,73,74)/t37-,38?,39+,44-,45-,46+,49-,50-,51-,52+/m0/s1. The number of ether oxygens (including phenoxy) is 3. The molecule has 1 unspecified atom stereocenters. The number of nitrogens with zero attached hydrogens (tertiary/aromatic N) is 3. The highest BCUT2D eigenvalue weighted by atomic mass is 16.6. The van der Waals surface area contributed by atoms with Crippen molar-refractivity contribution in [2.24, 2.45) is 29.6 Å². The Morgan fingerprint density at radius 2 is 1.49 bits per heavy atom. The van der Waals surface area contributed by atoms with Crippen molar-refractivity contribution in [3.05, 3.63) is 65.7 Å². The van der Waals surface area contributed by atoms with Gasteiger partial charge in [-0.1, -0.05) is 111 Å². The molecule has 0 aliphatic carbocycles. The van der Waals surface area contributed by atoms with Crippen LogP contribution in [-0.2, 0) is 65.6 Å². The molecule has 2 fully saturated rings. The Hall–Kier alpha value is -6.41. The number of carbonyl (C=O) groups is 9. The van der Waals surface area contributed by atoms with Crippen LogP contribution in [-0.4, -0.2) is 156 Å². The summed E-state index contributed by atoms with van der Waals surface area (Å²) in [6, 6.07) is 11.7. The van der Waals surface area contributed by atoms with Gasteiger partial charge in [0.25, 0.3) is 0 Å². The fraction of sp³-hybridized carbons (Fsp3) is 0.638. The van der Waals surface area contributed by atoms with Gasteiger partial charge in [0.2, 0.25) is 35.4 Å². The number of carbonyl (C=O) groups excluding carboxylic acids is 8. The Balaban J connectivity index is 1.31. The SMILES string of the molecule is CC[C@H](C)[C@H](NC(=O)[C@@H](NC(=O)[C@H](C(C)C)N(C)C(=O)OCc1ccc(NCC(=O)CCCCCN2C(=O)CC(C)C2=O)cc1)C(C)C)[C@@H](CC(=O)N1CCC[C@H]1[C@H](OC)[C@@H](C)C(=O)N[C@@H](Cc1ccccc1)C(=O)O)OC. The lowest BCUT2D eigenvalue weighted by Gasteiger charge is -2.37. The van der Waals surface area contributed by atoms with E-state index in [4.69, 9.17) is 14.2 Å². The highest BCUT2D eigenvalue weighted by Gasteiger charge is 2.43. The molecule has 0 radical (unpaired) electrons. The van der Waals surface area contributed by atoms with E-state index < -0.39 is 84.0 Å². The molecule has 2 saturated heterocycles. The highest BCUT2D eigenvalue weighted by molar-refractivity contribution is 6.03. The predicted molar refractivity (Wildman–Crippen MR) is 293 cm³/mol. The molecule has 2 heterocycles. The van der Waals surface area contributed by atoms with Gasteiger partial charge in [0.05, 0.1) is 43.2 Å². The first-order chi connectivity index (χ1) is 37.0. The van der Waals surface area contributed by atoms with Crippen LogP contribution in [0.5, 0.6) is 0 Å². The van der Waals surface area contributed by atoms with Crippen LogP contribution >= 0.6 is 0 Å². The van der Waals surface area contributed by atoms with Gasteiger partial charge >= 0.3 is 12.1 Å². The zero-order valence-electron chi connectivity index (χ0n) is 47.7. The topological polar surface area (TPSA) is 259 Å². The van der Waals surface area contributed by atoms with E-state index in [0.717, 1.165) is 12.0 Å². The molecule has 0 bridgehead atoms. The molecular formula is C58H87N7O13. The lowest BCUT2D eigenvalue weighted by molar-refractivity contribution is -0.145. The van der Waals surface area contributed by atoms with Crippen molar-refractivity contribution in [2.45, 2.75) is 169 Å². The number of hydrogen-bond donors (Lipinski definition) is 5. The van der Waals surface area contributed by atoms with Gasteiger partial charge in [-0.05, 0) is 66.7 Å². The predicted octanol–water partition coefficient (Wildman–Crippen LogP) is 5.75. The van der Waals surface area contributed by atoms with E-state index in [0.29, 0.717) is 62.9 Å². The van der Waals surface area contributed by atoms with E-state index >= 15 is 0 Å². The van der Waals surface area contributed by atoms with E-state index in [1.807, 2.05) is 19.9 Å². The number of methoxy groups -OCH3 is 2. The third-order valence-electron chi connectivity index (χ3n) is 15.2. The quantitative estimate of drug-likeness (QED) is 0.0432. The third kappa shape index (κ3) is 18.3. The largest absolute Gasteiger partial charge is 0.480 e. The Kier molecular flexibility index (Phi) is 25.7. The lowest BCUT2D eigenvalue weighted by Crippen LogP contribution is -2.60. The van der Waals surface area contributed by atoms with Gasteiger partial charge in [-0.25, -0.2) is 9.59 Å². The number of aliphatic carboxylic acids is 1. The van der Waals surface area contributed by atoms with Crippen LogP contribution in [0.25, 0.3) is 0 Å². The van der Waals surface area contributed by atoms with Crippen molar-refractivity contribution >= 4 is 59.0 Å². The fourth-order valence-electron chi connectivity index (χ4n) is 10.3. The molecule has 0 aromatic heterocycles. The van der Waals surface area contributed by atoms with Crippen molar-refractivity contribution in [2.75, 3.05) is 46.2 Å². The average molecular weight is 1090 g/mol. The van der Waals surface area contributed by atoms with Crippen molar-refractivity contribution < 1.29 is 62.5 Å². The van der Waals surface area contributed by atoms with Crippen LogP contribution in [0.1, 0.15) is 124 Å². The number of carboxylic acids is 1. The number of imide groups is 1. The molecule has 0 saturated carbocycles. The third-order valence-corrected chi connectivity index (χ3v) is 15.2. The second-order valence-electron chi connectivity index (χ2n) is 21.7. The van der Waals surface area contributed by atoms with Gasteiger partial charge < -0.3 is 45.5 Å². The maximum absolute atomic E-state index is 14.3. The first kappa shape index (κ1) is 64.1. The van der Waals surface area contributed by atoms with E-state index in [1.54, 1.807) is 95.0 Å². The summed E-state index contributed by atoms with van der Waals surface area (Å²) >= 11 is 0. The molecule has 5 N–H and O–H groups in total. The van der Waals surface area contributed by atoms with E-state index in [1.165, 1.54) is 31.1 Å². The van der Waals surface area contributed by atoms with Gasteiger partial charge in [-0.15, -0.1) is 0 Å². The Bertz CT molecular complexity index is 2330. The van der Waals surface area contributed by atoms with Crippen molar-refractivity contribution in [3.63, 3.8) is 0 Å². The summed E-state index contributed by atoms with van der Waals surface area (Å²) in [7, 11) is 4.40. The highest BCUT2D eigenvalue weighted by Crippen LogP contribution is 2.29. The average Bonchev–Trinajstić information content (AvgIpc) is 4.00. The zero-order valence-corrected chi connectivity index (χ0v) is 47.7. The van der Waals surface area contributed by atoms with Gasteiger partial charge in [-0.3, -0.25) is 43.4 Å². The van der Waals surface area contributed by atoms with Crippen LogP contribution in [0.4, 0.5) is 10.5 Å². The number of carboxylic acid groups (broad SMARTS) is 1. The van der Waals surface area contributed by atoms with E-state index in [2.05, 4.69) is 21.3 Å². The Labute approximate surface area is 460 Å². The Morgan fingerprint density at radius 3 is 2.06 bits per heavy atom. The smallest absolute Gasteiger partial charge is 0.410 e. The van der Waals surface area contributed by atoms with Crippen LogP contribution in [0, 0.1) is 29.6 Å². The van der Waals surface area contributed by atoms with Gasteiger partial charge in [-0.2, -0.15) is 0 Å². The molecular weight excluding hydrogens is 1000 g/mol. The number of benzene rings is 2. The lowest BCUT2D eigenvalue weighted by atomic mass is 9.90. The molecule has 4 rings (SSSR count). The minimum Gasteiger partial charge on any atom is -0.480 e. The van der Waals surface area contributed by atoms with E-state index in [9.17, 15) is 48.3 Å². The van der Waals surface area contributed by atoms with Crippen molar-refractivity contribution in [1.82, 2.24) is 30.7 Å². The second-order valence-corrected chi connectivity index (χ2v) is 21.7. The van der Waals surface area contributed by atoms with Crippen LogP contribution < -0.4 is 21.3 Å². The number of ketones is 1. The number of amides is 7. The minimum absolute atomic E-state index is 0.0264. The maximum atomic E-state index is 14.3. The van der Waals surface area contributed by atoms with Crippen LogP contribution in [0.2, 0.25) is 0 Å². The summed E-state index contributed by atoms with van der Waals surface area (Å²) in [5.41, 5.74) is 2.13. The molecule has 432 valence electrons. The van der Waals surface area contributed by atoms with Crippen molar-refractivity contribution in [3.8, 4) is 0 Å². The molecule has 0 spiro atoms. The van der Waals surface area contributed by atoms with Crippen LogP contribution in [0.3, 0.4) is 0 Å². The summed E-state index contributed by atoms with van der Waals surface area (Å²) < 4.78 is 17.5. The first-order valence-electron chi connectivity index (χ1n) is 27.6. The minimum atomic E-state index is -1.17. The molecule has 20 nitrogen and oxygen atoms in total. The molecule has 2 aliphatic heterocycles. The maximum Gasteiger partial charge on any atom is 0.410 e. The fourth-order valence-corrected chi connectivity index (χ4v) is 10.3. The normalized spacial score (nSPS) is 18.6. The zero-order chi connectivity index (χ0) is 57.8. The number of nitrogens with one attached hydrogen (secondary N) is 4. The number of likely N-dealkylation sites (tertiary alicyclic amines) is 2. The summed E-state index contributed by atoms with van der Waals surface area (Å²) in [5, 5.41) is 21.7. The molecule has 2 aromatic rings. The number of Topliss-reactive ketones (excluding diaryl/α,β-unsaturated/α-hetero) is 1. The van der Waals surface area contributed by atoms with Gasteiger partial charge in [0.15, 0.2) is 5.78 Å². The summed E-state index contributed by atoms with van der Waals surface area (Å²) in [6.07, 6.45) is 2.17. The number of anilines is 1. The molecule has 10 atom stereocenters. The van der Waals surface area contributed by atoms with E-state index in [-0.39, 0.29) is 73.7 Å². The van der Waals surface area contributed by atoms with Crippen LogP contribution in [0.15, 0.2) is 54.6 Å². The number of unbranched alkanes of at least 4 members (excludes halogenated alkanes) is 2. The molecule has 7 amide bonds. The Morgan fingerprint density at radius 1 is 0.808 bits per heavy atom. The molecule has 78 heavy (non-hydrogen) atoms. The summed E-state index contributed by atoms with van der Waals surface area (Å²) in [6.45, 7) is 15.3. The number of likely N-dealkylation sites (N-methyl/N-ethyl adjacent to an activating group) is 1. The molecule has 2 aromatic carbocycles. The number of rotatable bonds is 32. The van der Waals surface area contributed by atoms with Gasteiger partial charge in [0.1, 0.15) is 24.7 Å². The molecule has 2 aliphatic rings. The monoisotopic (exact) mass is 1090 g/mol. The number of hydrogen-bond acceptors (Lipinski definition) is 13. The van der Waals surface area contributed by atoms with Crippen molar-refractivity contribution in [1.29, 1.82) is 0 Å².